The lowest BCUT2D eigenvalue weighted by Crippen LogP contribution is -2.23. The minimum atomic E-state index is -0.232. The molecule has 0 spiro atoms. The Morgan fingerprint density at radius 1 is 1.53 bits per heavy atom. The van der Waals surface area contributed by atoms with Crippen LogP contribution in [0.2, 0.25) is 0 Å². The van der Waals surface area contributed by atoms with Crippen molar-refractivity contribution in [1.82, 2.24) is 5.32 Å². The second-order valence-electron chi connectivity index (χ2n) is 4.95. The molecule has 0 radical (unpaired) electrons. The van der Waals surface area contributed by atoms with Gasteiger partial charge in [0.15, 0.2) is 0 Å². The standard InChI is InChI=1S/C15H22N2O2/c1-2-13(17-8-3-4-15(16)18)11-5-6-14-12(10-11)7-9-19-14/h5-6,10,13,17H,2-4,7-9H2,1H3,(H2,16,18). The Kier molecular flexibility index (Phi) is 4.80. The maximum absolute atomic E-state index is 10.7. The zero-order chi connectivity index (χ0) is 13.7. The molecule has 0 aromatic heterocycles. The lowest BCUT2D eigenvalue weighted by Gasteiger charge is -2.18. The van der Waals surface area contributed by atoms with Crippen LogP contribution in [0.3, 0.4) is 0 Å². The van der Waals surface area contributed by atoms with Crippen molar-refractivity contribution < 1.29 is 9.53 Å². The van der Waals surface area contributed by atoms with Gasteiger partial charge >= 0.3 is 0 Å². The summed E-state index contributed by atoms with van der Waals surface area (Å²) in [6.07, 6.45) is 3.26. The van der Waals surface area contributed by atoms with Gasteiger partial charge in [-0.05, 0) is 36.6 Å². The van der Waals surface area contributed by atoms with Crippen molar-refractivity contribution in [2.45, 2.75) is 38.6 Å². The van der Waals surface area contributed by atoms with E-state index in [9.17, 15) is 4.79 Å². The fourth-order valence-electron chi connectivity index (χ4n) is 2.46. The van der Waals surface area contributed by atoms with E-state index in [1.54, 1.807) is 0 Å². The Morgan fingerprint density at radius 3 is 3.11 bits per heavy atom. The predicted octanol–water partition coefficient (Wildman–Crippen LogP) is 1.93. The Hall–Kier alpha value is -1.55. The molecular formula is C15H22N2O2. The van der Waals surface area contributed by atoms with Crippen LogP contribution in [0.25, 0.3) is 0 Å². The van der Waals surface area contributed by atoms with Crippen LogP contribution in [-0.2, 0) is 11.2 Å². The first-order chi connectivity index (χ1) is 9.20. The van der Waals surface area contributed by atoms with Gasteiger partial charge in [0, 0.05) is 18.9 Å². The predicted molar refractivity (Wildman–Crippen MR) is 75.1 cm³/mol. The molecule has 0 fully saturated rings. The van der Waals surface area contributed by atoms with Gasteiger partial charge in [0.05, 0.1) is 6.61 Å². The summed E-state index contributed by atoms with van der Waals surface area (Å²) in [6.45, 7) is 3.77. The summed E-state index contributed by atoms with van der Waals surface area (Å²) < 4.78 is 5.52. The maximum Gasteiger partial charge on any atom is 0.217 e. The molecule has 2 rings (SSSR count). The summed E-state index contributed by atoms with van der Waals surface area (Å²) in [5.74, 6) is 0.789. The summed E-state index contributed by atoms with van der Waals surface area (Å²) in [5, 5.41) is 3.48. The summed E-state index contributed by atoms with van der Waals surface area (Å²) in [7, 11) is 0. The van der Waals surface area contributed by atoms with E-state index < -0.39 is 0 Å². The van der Waals surface area contributed by atoms with Crippen LogP contribution in [0.4, 0.5) is 0 Å². The third kappa shape index (κ3) is 3.70. The molecule has 104 valence electrons. The molecule has 1 amide bonds. The smallest absolute Gasteiger partial charge is 0.217 e. The lowest BCUT2D eigenvalue weighted by atomic mass is 10.0. The summed E-state index contributed by atoms with van der Waals surface area (Å²) in [4.78, 5) is 10.7. The lowest BCUT2D eigenvalue weighted by molar-refractivity contribution is -0.118. The summed E-state index contributed by atoms with van der Waals surface area (Å²) >= 11 is 0. The van der Waals surface area contributed by atoms with E-state index in [4.69, 9.17) is 10.5 Å². The fourth-order valence-corrected chi connectivity index (χ4v) is 2.46. The number of nitrogens with one attached hydrogen (secondary N) is 1. The van der Waals surface area contributed by atoms with Crippen LogP contribution in [0.5, 0.6) is 5.75 Å². The van der Waals surface area contributed by atoms with Crippen LogP contribution < -0.4 is 15.8 Å². The molecule has 0 saturated heterocycles. The average Bonchev–Trinajstić information content (AvgIpc) is 2.85. The van der Waals surface area contributed by atoms with Crippen molar-refractivity contribution in [2.75, 3.05) is 13.2 Å². The molecule has 1 aliphatic heterocycles. The molecular weight excluding hydrogens is 240 g/mol. The zero-order valence-corrected chi connectivity index (χ0v) is 11.4. The van der Waals surface area contributed by atoms with Gasteiger partial charge in [-0.3, -0.25) is 4.79 Å². The number of fused-ring (bicyclic) bond motifs is 1. The van der Waals surface area contributed by atoms with Crippen LogP contribution in [-0.4, -0.2) is 19.1 Å². The van der Waals surface area contributed by atoms with E-state index in [1.165, 1.54) is 11.1 Å². The van der Waals surface area contributed by atoms with Gasteiger partial charge in [0.2, 0.25) is 5.91 Å². The number of hydrogen-bond acceptors (Lipinski definition) is 3. The van der Waals surface area contributed by atoms with Crippen LogP contribution in [0.1, 0.15) is 43.4 Å². The Balaban J connectivity index is 1.92. The molecule has 0 aliphatic carbocycles. The van der Waals surface area contributed by atoms with Crippen LogP contribution in [0.15, 0.2) is 18.2 Å². The van der Waals surface area contributed by atoms with Gasteiger partial charge in [-0.2, -0.15) is 0 Å². The van der Waals surface area contributed by atoms with E-state index in [2.05, 4.69) is 30.4 Å². The third-order valence-electron chi connectivity index (χ3n) is 3.51. The summed E-state index contributed by atoms with van der Waals surface area (Å²) in [5.41, 5.74) is 7.73. The molecule has 3 N–H and O–H groups in total. The minimum Gasteiger partial charge on any atom is -0.493 e. The Labute approximate surface area is 114 Å². The van der Waals surface area contributed by atoms with Gasteiger partial charge in [-0.25, -0.2) is 0 Å². The first-order valence-electron chi connectivity index (χ1n) is 6.98. The van der Waals surface area contributed by atoms with Crippen molar-refractivity contribution in [3.05, 3.63) is 29.3 Å². The average molecular weight is 262 g/mol. The second-order valence-corrected chi connectivity index (χ2v) is 4.95. The number of carbonyl (C=O) groups excluding carboxylic acids is 1. The number of amides is 1. The van der Waals surface area contributed by atoms with Crippen molar-refractivity contribution >= 4 is 5.91 Å². The molecule has 0 bridgehead atoms. The first kappa shape index (κ1) is 13.9. The van der Waals surface area contributed by atoms with Crippen molar-refractivity contribution in [3.63, 3.8) is 0 Å². The molecule has 1 aromatic carbocycles. The molecule has 0 saturated carbocycles. The summed E-state index contributed by atoms with van der Waals surface area (Å²) in [6, 6.07) is 6.75. The topological polar surface area (TPSA) is 64.3 Å². The monoisotopic (exact) mass is 262 g/mol. The van der Waals surface area contributed by atoms with Crippen molar-refractivity contribution in [2.24, 2.45) is 5.73 Å². The number of benzene rings is 1. The molecule has 1 unspecified atom stereocenters. The normalized spacial score (nSPS) is 14.8. The second kappa shape index (κ2) is 6.57. The highest BCUT2D eigenvalue weighted by atomic mass is 16.5. The van der Waals surface area contributed by atoms with Gasteiger partial charge in [0.25, 0.3) is 0 Å². The van der Waals surface area contributed by atoms with Crippen molar-refractivity contribution in [3.8, 4) is 5.75 Å². The van der Waals surface area contributed by atoms with Gasteiger partial charge < -0.3 is 15.8 Å². The quantitative estimate of drug-likeness (QED) is 0.738. The third-order valence-corrected chi connectivity index (χ3v) is 3.51. The molecule has 1 atom stereocenters. The molecule has 1 heterocycles. The maximum atomic E-state index is 10.7. The molecule has 1 aliphatic rings. The molecule has 4 heteroatoms. The van der Waals surface area contributed by atoms with Gasteiger partial charge in [-0.15, -0.1) is 0 Å². The molecule has 1 aromatic rings. The highest BCUT2D eigenvalue weighted by Crippen LogP contribution is 2.29. The van der Waals surface area contributed by atoms with E-state index in [0.717, 1.165) is 38.2 Å². The van der Waals surface area contributed by atoms with Crippen LogP contribution in [0, 0.1) is 0 Å². The highest BCUT2D eigenvalue weighted by Gasteiger charge is 2.15. The fraction of sp³-hybridized carbons (Fsp3) is 0.533. The number of carbonyl (C=O) groups is 1. The molecule has 19 heavy (non-hydrogen) atoms. The number of ether oxygens (including phenoxy) is 1. The number of hydrogen-bond donors (Lipinski definition) is 2. The highest BCUT2D eigenvalue weighted by molar-refractivity contribution is 5.73. The Bertz CT molecular complexity index is 446. The van der Waals surface area contributed by atoms with E-state index in [-0.39, 0.29) is 5.91 Å². The zero-order valence-electron chi connectivity index (χ0n) is 11.4. The number of nitrogens with two attached hydrogens (primary N) is 1. The largest absolute Gasteiger partial charge is 0.493 e. The first-order valence-corrected chi connectivity index (χ1v) is 6.98. The molecule has 4 nitrogen and oxygen atoms in total. The van der Waals surface area contributed by atoms with E-state index in [0.29, 0.717) is 12.5 Å². The number of primary amides is 1. The van der Waals surface area contributed by atoms with Crippen LogP contribution >= 0.6 is 0 Å². The SMILES string of the molecule is CCC(NCCCC(N)=O)c1ccc2c(c1)CCO2. The minimum absolute atomic E-state index is 0.232. The number of rotatable bonds is 7. The van der Waals surface area contributed by atoms with Gasteiger partial charge in [-0.1, -0.05) is 19.1 Å². The van der Waals surface area contributed by atoms with Gasteiger partial charge in [0.1, 0.15) is 5.75 Å². The van der Waals surface area contributed by atoms with Crippen molar-refractivity contribution in [1.29, 1.82) is 0 Å². The van der Waals surface area contributed by atoms with E-state index in [1.807, 2.05) is 0 Å². The Morgan fingerprint density at radius 2 is 2.37 bits per heavy atom. The van der Waals surface area contributed by atoms with E-state index >= 15 is 0 Å².